The van der Waals surface area contributed by atoms with E-state index in [0.29, 0.717) is 6.04 Å². The quantitative estimate of drug-likeness (QED) is 0.844. The van der Waals surface area contributed by atoms with Crippen LogP contribution in [0.5, 0.6) is 0 Å². The first kappa shape index (κ1) is 14.3. The molecule has 0 fully saturated rings. The van der Waals surface area contributed by atoms with Gasteiger partial charge in [0.2, 0.25) is 0 Å². The van der Waals surface area contributed by atoms with E-state index in [0.717, 1.165) is 11.0 Å². The Bertz CT molecular complexity index is 543. The Labute approximate surface area is 124 Å². The molecule has 0 unspecified atom stereocenters. The van der Waals surface area contributed by atoms with Gasteiger partial charge in [-0.3, -0.25) is 0 Å². The fourth-order valence-corrected chi connectivity index (χ4v) is 2.69. The van der Waals surface area contributed by atoms with E-state index >= 15 is 0 Å². The van der Waals surface area contributed by atoms with Crippen LogP contribution in [0.3, 0.4) is 0 Å². The molecule has 1 atom stereocenters. The minimum absolute atomic E-state index is 0.344. The summed E-state index contributed by atoms with van der Waals surface area (Å²) in [5.74, 6) is 0. The molecule has 0 aliphatic rings. The normalized spacial score (nSPS) is 12.4. The molecule has 0 bridgehead atoms. The third-order valence-corrected chi connectivity index (χ3v) is 4.07. The van der Waals surface area contributed by atoms with E-state index in [1.807, 2.05) is 0 Å². The highest BCUT2D eigenvalue weighted by atomic mass is 79.9. The first-order chi connectivity index (χ1) is 9.08. The van der Waals surface area contributed by atoms with Gasteiger partial charge in [0.15, 0.2) is 0 Å². The first-order valence-corrected chi connectivity index (χ1v) is 7.41. The minimum atomic E-state index is 0.344. The lowest BCUT2D eigenvalue weighted by Crippen LogP contribution is -2.19. The molecule has 0 spiro atoms. The van der Waals surface area contributed by atoms with Gasteiger partial charge in [-0.1, -0.05) is 46.3 Å². The van der Waals surface area contributed by atoms with Gasteiger partial charge in [-0.2, -0.15) is 0 Å². The Hall–Kier alpha value is -1.12. The predicted molar refractivity (Wildman–Crippen MR) is 85.3 cm³/mol. The molecule has 0 saturated heterocycles. The highest BCUT2D eigenvalue weighted by Crippen LogP contribution is 2.19. The zero-order valence-corrected chi connectivity index (χ0v) is 13.3. The van der Waals surface area contributed by atoms with Crippen molar-refractivity contribution < 1.29 is 0 Å². The summed E-state index contributed by atoms with van der Waals surface area (Å²) in [5.41, 5.74) is 5.42. The molecule has 2 heteroatoms. The Kier molecular flexibility index (Phi) is 4.78. The van der Waals surface area contributed by atoms with Crippen molar-refractivity contribution in [3.8, 4) is 0 Å². The van der Waals surface area contributed by atoms with Crippen LogP contribution in [0.2, 0.25) is 0 Å². The van der Waals surface area contributed by atoms with Gasteiger partial charge in [0.05, 0.1) is 0 Å². The zero-order chi connectivity index (χ0) is 13.8. The van der Waals surface area contributed by atoms with Crippen molar-refractivity contribution in [1.82, 2.24) is 5.32 Å². The van der Waals surface area contributed by atoms with E-state index in [4.69, 9.17) is 0 Å². The summed E-state index contributed by atoms with van der Waals surface area (Å²) < 4.78 is 1.13. The third-order valence-electron chi connectivity index (χ3n) is 3.58. The molecule has 0 heterocycles. The van der Waals surface area contributed by atoms with Crippen LogP contribution in [0.4, 0.5) is 0 Å². The van der Waals surface area contributed by atoms with Crippen LogP contribution in [0, 0.1) is 13.8 Å². The molecule has 0 aliphatic carbocycles. The molecule has 0 aromatic heterocycles. The van der Waals surface area contributed by atoms with Gasteiger partial charge < -0.3 is 5.32 Å². The fourth-order valence-electron chi connectivity index (χ4n) is 2.28. The van der Waals surface area contributed by atoms with Crippen molar-refractivity contribution >= 4 is 15.9 Å². The second-order valence-corrected chi connectivity index (χ2v) is 5.94. The predicted octanol–water partition coefficient (Wildman–Crippen LogP) is 4.92. The molecule has 1 nitrogen and oxygen atoms in total. The second-order valence-electron chi connectivity index (χ2n) is 5.03. The van der Waals surface area contributed by atoms with E-state index in [9.17, 15) is 0 Å². The molecular formula is C17H20BrN. The fraction of sp³-hybridized carbons (Fsp3) is 0.294. The minimum Gasteiger partial charge on any atom is -0.306 e. The van der Waals surface area contributed by atoms with Crippen LogP contribution < -0.4 is 5.32 Å². The molecule has 19 heavy (non-hydrogen) atoms. The molecule has 0 saturated carbocycles. The van der Waals surface area contributed by atoms with Crippen molar-refractivity contribution in [3.63, 3.8) is 0 Å². The van der Waals surface area contributed by atoms with Gasteiger partial charge in [0.25, 0.3) is 0 Å². The van der Waals surface area contributed by atoms with Crippen LogP contribution in [0.1, 0.15) is 35.2 Å². The Balaban J connectivity index is 2.06. The highest BCUT2D eigenvalue weighted by molar-refractivity contribution is 9.10. The molecule has 100 valence electrons. The highest BCUT2D eigenvalue weighted by Gasteiger charge is 2.07. The van der Waals surface area contributed by atoms with Crippen LogP contribution in [0.15, 0.2) is 46.9 Å². The summed E-state index contributed by atoms with van der Waals surface area (Å²) >= 11 is 3.52. The van der Waals surface area contributed by atoms with E-state index in [1.54, 1.807) is 0 Å². The van der Waals surface area contributed by atoms with Crippen molar-refractivity contribution in [2.24, 2.45) is 0 Å². The topological polar surface area (TPSA) is 12.0 Å². The zero-order valence-electron chi connectivity index (χ0n) is 11.7. The number of hydrogen-bond donors (Lipinski definition) is 1. The monoisotopic (exact) mass is 317 g/mol. The van der Waals surface area contributed by atoms with Gasteiger partial charge in [-0.05, 0) is 55.2 Å². The SMILES string of the molecule is Cc1cccc(C)c1CN[C@H](C)c1cccc(Br)c1. The summed E-state index contributed by atoms with van der Waals surface area (Å²) in [6.45, 7) is 7.46. The maximum absolute atomic E-state index is 3.60. The molecule has 0 aliphatic heterocycles. The van der Waals surface area contributed by atoms with E-state index in [1.165, 1.54) is 22.3 Å². The van der Waals surface area contributed by atoms with Gasteiger partial charge >= 0.3 is 0 Å². The third kappa shape index (κ3) is 3.68. The number of benzene rings is 2. The summed E-state index contributed by atoms with van der Waals surface area (Å²) in [4.78, 5) is 0. The molecule has 0 amide bonds. The Morgan fingerprint density at radius 3 is 2.32 bits per heavy atom. The summed E-state index contributed by atoms with van der Waals surface area (Å²) in [7, 11) is 0. The van der Waals surface area contributed by atoms with Crippen molar-refractivity contribution in [1.29, 1.82) is 0 Å². The largest absolute Gasteiger partial charge is 0.306 e. The number of hydrogen-bond acceptors (Lipinski definition) is 1. The second kappa shape index (κ2) is 6.36. The van der Waals surface area contributed by atoms with Crippen LogP contribution in [0.25, 0.3) is 0 Å². The van der Waals surface area contributed by atoms with Gasteiger partial charge in [0.1, 0.15) is 0 Å². The number of nitrogens with one attached hydrogen (secondary N) is 1. The number of rotatable bonds is 4. The molecule has 2 aromatic carbocycles. The van der Waals surface area contributed by atoms with Crippen LogP contribution in [-0.2, 0) is 6.54 Å². The van der Waals surface area contributed by atoms with Crippen molar-refractivity contribution in [2.75, 3.05) is 0 Å². The Morgan fingerprint density at radius 2 is 1.68 bits per heavy atom. The molecule has 2 rings (SSSR count). The summed E-state index contributed by atoms with van der Waals surface area (Å²) in [5, 5.41) is 3.60. The summed E-state index contributed by atoms with van der Waals surface area (Å²) in [6.07, 6.45) is 0. The number of halogens is 1. The molecular weight excluding hydrogens is 298 g/mol. The van der Waals surface area contributed by atoms with Crippen molar-refractivity contribution in [3.05, 3.63) is 69.2 Å². The van der Waals surface area contributed by atoms with E-state index < -0.39 is 0 Å². The average Bonchev–Trinajstić information content (AvgIpc) is 2.38. The van der Waals surface area contributed by atoms with Gasteiger partial charge in [-0.25, -0.2) is 0 Å². The Morgan fingerprint density at radius 1 is 1.05 bits per heavy atom. The summed E-state index contributed by atoms with van der Waals surface area (Å²) in [6, 6.07) is 15.3. The average molecular weight is 318 g/mol. The maximum Gasteiger partial charge on any atom is 0.0295 e. The lowest BCUT2D eigenvalue weighted by atomic mass is 10.0. The lowest BCUT2D eigenvalue weighted by Gasteiger charge is -2.17. The van der Waals surface area contributed by atoms with Crippen LogP contribution in [-0.4, -0.2) is 0 Å². The lowest BCUT2D eigenvalue weighted by molar-refractivity contribution is 0.572. The number of aryl methyl sites for hydroxylation is 2. The first-order valence-electron chi connectivity index (χ1n) is 6.62. The van der Waals surface area contributed by atoms with E-state index in [-0.39, 0.29) is 0 Å². The van der Waals surface area contributed by atoms with E-state index in [2.05, 4.69) is 84.5 Å². The molecule has 2 aromatic rings. The smallest absolute Gasteiger partial charge is 0.0295 e. The molecule has 1 N–H and O–H groups in total. The van der Waals surface area contributed by atoms with Gasteiger partial charge in [-0.15, -0.1) is 0 Å². The molecule has 0 radical (unpaired) electrons. The van der Waals surface area contributed by atoms with Gasteiger partial charge in [0, 0.05) is 17.1 Å². The maximum atomic E-state index is 3.60. The standard InChI is InChI=1S/C17H20BrN/c1-12-6-4-7-13(2)17(12)11-19-14(3)15-8-5-9-16(18)10-15/h4-10,14,19H,11H2,1-3H3/t14-/m1/s1. The van der Waals surface area contributed by atoms with Crippen LogP contribution >= 0.6 is 15.9 Å². The van der Waals surface area contributed by atoms with Crippen molar-refractivity contribution in [2.45, 2.75) is 33.4 Å².